The number of nitro groups is 1. The first-order valence-electron chi connectivity index (χ1n) is 7.70. The van der Waals surface area contributed by atoms with Crippen LogP contribution in [0.1, 0.15) is 12.8 Å². The number of ether oxygens (including phenoxy) is 1. The fraction of sp³-hybridized carbons (Fsp3) is 0.600. The van der Waals surface area contributed by atoms with Crippen LogP contribution >= 0.6 is 0 Å². The monoisotopic (exact) mass is 357 g/mol. The largest absolute Gasteiger partial charge is 0.384 e. The highest BCUT2D eigenvalue weighted by atomic mass is 32.2. The molecule has 0 atom stereocenters. The summed E-state index contributed by atoms with van der Waals surface area (Å²) < 4.78 is 29.0. The van der Waals surface area contributed by atoms with Gasteiger partial charge in [0.25, 0.3) is 0 Å². The van der Waals surface area contributed by atoms with Gasteiger partial charge in [-0.25, -0.2) is 8.42 Å². The molecular weight excluding hydrogens is 334 g/mol. The molecule has 8 nitrogen and oxygen atoms in total. The van der Waals surface area contributed by atoms with Gasteiger partial charge >= 0.3 is 5.69 Å². The van der Waals surface area contributed by atoms with Gasteiger partial charge in [-0.05, 0) is 38.1 Å². The number of para-hydroxylation sites is 1. The highest BCUT2D eigenvalue weighted by Gasteiger charge is 2.33. The number of nitrogens with zero attached hydrogens (tertiary/aromatic N) is 1. The third-order valence-corrected chi connectivity index (χ3v) is 5.48. The molecule has 0 amide bonds. The van der Waals surface area contributed by atoms with Gasteiger partial charge in [0.15, 0.2) is 9.84 Å². The second-order valence-corrected chi connectivity index (χ2v) is 8.20. The molecule has 1 heterocycles. The number of methoxy groups -OCH3 is 1. The predicted octanol–water partition coefficient (Wildman–Crippen LogP) is 1.43. The Balaban J connectivity index is 2.30. The molecule has 0 spiro atoms. The van der Waals surface area contributed by atoms with Crippen LogP contribution in [-0.2, 0) is 14.6 Å². The summed E-state index contributed by atoms with van der Waals surface area (Å²) in [6, 6.07) is 4.31. The van der Waals surface area contributed by atoms with E-state index in [0.717, 1.165) is 32.2 Å². The van der Waals surface area contributed by atoms with E-state index in [1.165, 1.54) is 18.2 Å². The SMILES string of the molecule is COCC1(CNc2cccc(S(C)(=O)=O)c2[N+](=O)[O-])CCNCC1. The zero-order valence-corrected chi connectivity index (χ0v) is 14.7. The molecule has 2 N–H and O–H groups in total. The van der Waals surface area contributed by atoms with Crippen molar-refractivity contribution in [2.24, 2.45) is 5.41 Å². The molecule has 1 fully saturated rings. The predicted molar refractivity (Wildman–Crippen MR) is 91.1 cm³/mol. The topological polar surface area (TPSA) is 111 Å². The summed E-state index contributed by atoms with van der Waals surface area (Å²) in [5, 5.41) is 17.8. The normalized spacial score (nSPS) is 17.4. The van der Waals surface area contributed by atoms with Crippen LogP contribution in [0.15, 0.2) is 23.1 Å². The van der Waals surface area contributed by atoms with Gasteiger partial charge in [0.1, 0.15) is 10.6 Å². The highest BCUT2D eigenvalue weighted by molar-refractivity contribution is 7.90. The lowest BCUT2D eigenvalue weighted by atomic mass is 9.79. The average molecular weight is 357 g/mol. The molecule has 134 valence electrons. The minimum atomic E-state index is -3.69. The van der Waals surface area contributed by atoms with Gasteiger partial charge in [0.05, 0.1) is 11.5 Å². The van der Waals surface area contributed by atoms with E-state index in [9.17, 15) is 18.5 Å². The zero-order chi connectivity index (χ0) is 17.8. The number of anilines is 1. The summed E-state index contributed by atoms with van der Waals surface area (Å²) in [4.78, 5) is 10.5. The van der Waals surface area contributed by atoms with Gasteiger partial charge in [-0.2, -0.15) is 0 Å². The lowest BCUT2D eigenvalue weighted by molar-refractivity contribution is -0.386. The van der Waals surface area contributed by atoms with Crippen molar-refractivity contribution in [1.82, 2.24) is 5.32 Å². The van der Waals surface area contributed by atoms with Crippen LogP contribution in [0.4, 0.5) is 11.4 Å². The van der Waals surface area contributed by atoms with Crippen molar-refractivity contribution >= 4 is 21.2 Å². The maximum Gasteiger partial charge on any atom is 0.310 e. The van der Waals surface area contributed by atoms with Crippen LogP contribution in [0, 0.1) is 15.5 Å². The Morgan fingerprint density at radius 3 is 2.58 bits per heavy atom. The Hall–Kier alpha value is -1.71. The van der Waals surface area contributed by atoms with Gasteiger partial charge < -0.3 is 15.4 Å². The van der Waals surface area contributed by atoms with Crippen molar-refractivity contribution in [3.8, 4) is 0 Å². The Labute approximate surface area is 141 Å². The number of hydrogen-bond acceptors (Lipinski definition) is 7. The van der Waals surface area contributed by atoms with Crippen molar-refractivity contribution < 1.29 is 18.1 Å². The second kappa shape index (κ2) is 7.45. The summed E-state index contributed by atoms with van der Waals surface area (Å²) in [5.74, 6) is 0. The average Bonchev–Trinajstić information content (AvgIpc) is 2.53. The van der Waals surface area contributed by atoms with Crippen molar-refractivity contribution in [3.05, 3.63) is 28.3 Å². The number of nitro benzene ring substituents is 1. The van der Waals surface area contributed by atoms with Crippen molar-refractivity contribution in [2.45, 2.75) is 17.7 Å². The fourth-order valence-electron chi connectivity index (χ4n) is 3.07. The van der Waals surface area contributed by atoms with Gasteiger partial charge in [0.2, 0.25) is 0 Å². The molecule has 1 aliphatic heterocycles. The molecule has 0 bridgehead atoms. The van der Waals surface area contributed by atoms with E-state index in [4.69, 9.17) is 4.74 Å². The van der Waals surface area contributed by atoms with Gasteiger partial charge in [-0.15, -0.1) is 0 Å². The first-order chi connectivity index (χ1) is 11.3. The Morgan fingerprint density at radius 2 is 2.04 bits per heavy atom. The number of piperidine rings is 1. The second-order valence-electron chi connectivity index (χ2n) is 6.22. The van der Waals surface area contributed by atoms with Crippen LogP contribution in [-0.4, -0.2) is 52.9 Å². The summed E-state index contributed by atoms with van der Waals surface area (Å²) in [5.41, 5.74) is -0.312. The molecule has 0 aromatic heterocycles. The first kappa shape index (κ1) is 18.6. The summed E-state index contributed by atoms with van der Waals surface area (Å²) in [7, 11) is -2.05. The molecule has 1 aliphatic rings. The molecule has 0 saturated carbocycles. The molecule has 0 radical (unpaired) electrons. The molecule has 24 heavy (non-hydrogen) atoms. The minimum Gasteiger partial charge on any atom is -0.384 e. The lowest BCUT2D eigenvalue weighted by Gasteiger charge is -2.37. The van der Waals surface area contributed by atoms with Crippen LogP contribution in [0.25, 0.3) is 0 Å². The fourth-order valence-corrected chi connectivity index (χ4v) is 3.93. The zero-order valence-electron chi connectivity index (χ0n) is 13.9. The van der Waals surface area contributed by atoms with Gasteiger partial charge in [-0.1, -0.05) is 6.07 Å². The van der Waals surface area contributed by atoms with Crippen LogP contribution in [0.2, 0.25) is 0 Å². The van der Waals surface area contributed by atoms with Gasteiger partial charge in [-0.3, -0.25) is 10.1 Å². The van der Waals surface area contributed by atoms with Crippen molar-refractivity contribution in [3.63, 3.8) is 0 Å². The van der Waals surface area contributed by atoms with Crippen molar-refractivity contribution in [2.75, 3.05) is 44.9 Å². The molecular formula is C15H23N3O5S. The number of sulfone groups is 1. The summed E-state index contributed by atoms with van der Waals surface area (Å²) in [6.45, 7) is 2.74. The van der Waals surface area contributed by atoms with E-state index >= 15 is 0 Å². The number of rotatable bonds is 7. The Kier molecular flexibility index (Phi) is 5.79. The smallest absolute Gasteiger partial charge is 0.310 e. The molecule has 1 aromatic carbocycles. The van der Waals surface area contributed by atoms with Crippen LogP contribution < -0.4 is 10.6 Å². The van der Waals surface area contributed by atoms with Crippen LogP contribution in [0.5, 0.6) is 0 Å². The summed E-state index contributed by atoms with van der Waals surface area (Å²) >= 11 is 0. The van der Waals surface area contributed by atoms with E-state index < -0.39 is 20.4 Å². The standard InChI is InChI=1S/C15H23N3O5S/c1-23-11-15(6-8-16-9-7-15)10-17-12-4-3-5-13(24(2,21)22)14(12)18(19)20/h3-5,16-17H,6-11H2,1-2H3. The number of benzene rings is 1. The molecule has 0 aliphatic carbocycles. The Bertz CT molecular complexity index is 694. The van der Waals surface area contributed by atoms with Crippen LogP contribution in [0.3, 0.4) is 0 Å². The van der Waals surface area contributed by atoms with Gasteiger partial charge in [0, 0.05) is 25.3 Å². The molecule has 1 aromatic rings. The molecule has 9 heteroatoms. The van der Waals surface area contributed by atoms with E-state index in [1.807, 2.05) is 0 Å². The molecule has 1 saturated heterocycles. The van der Waals surface area contributed by atoms with Crippen molar-refractivity contribution in [1.29, 1.82) is 0 Å². The molecule has 2 rings (SSSR count). The quantitative estimate of drug-likeness (QED) is 0.561. The maximum absolute atomic E-state index is 11.8. The molecule has 0 unspecified atom stereocenters. The maximum atomic E-state index is 11.8. The summed E-state index contributed by atoms with van der Waals surface area (Å²) in [6.07, 6.45) is 2.74. The third-order valence-electron chi connectivity index (χ3n) is 4.35. The first-order valence-corrected chi connectivity index (χ1v) is 9.59. The lowest BCUT2D eigenvalue weighted by Crippen LogP contribution is -2.44. The van der Waals surface area contributed by atoms with E-state index in [0.29, 0.717) is 13.2 Å². The third kappa shape index (κ3) is 4.22. The van der Waals surface area contributed by atoms with E-state index in [-0.39, 0.29) is 16.0 Å². The Morgan fingerprint density at radius 1 is 1.38 bits per heavy atom. The number of nitrogens with one attached hydrogen (secondary N) is 2. The minimum absolute atomic E-state index is 0.130. The highest BCUT2D eigenvalue weighted by Crippen LogP contribution is 2.35. The van der Waals surface area contributed by atoms with E-state index in [1.54, 1.807) is 7.11 Å². The number of hydrogen-bond donors (Lipinski definition) is 2. The van der Waals surface area contributed by atoms with E-state index in [2.05, 4.69) is 10.6 Å².